The summed E-state index contributed by atoms with van der Waals surface area (Å²) in [5.74, 6) is -0.994. The number of alkyl halides is 3. The van der Waals surface area contributed by atoms with Gasteiger partial charge in [-0.1, -0.05) is 42.8 Å². The Labute approximate surface area is 182 Å². The van der Waals surface area contributed by atoms with E-state index >= 15 is 0 Å². The first-order chi connectivity index (χ1) is 14.8. The van der Waals surface area contributed by atoms with Crippen molar-refractivity contribution in [3.05, 3.63) is 65.7 Å². The molecule has 1 fully saturated rings. The van der Waals surface area contributed by atoms with Crippen molar-refractivity contribution >= 4 is 23.6 Å². The molecule has 1 unspecified atom stereocenters. The van der Waals surface area contributed by atoms with Gasteiger partial charge >= 0.3 is 6.18 Å². The Morgan fingerprint density at radius 3 is 2.42 bits per heavy atom. The van der Waals surface area contributed by atoms with Gasteiger partial charge in [-0.3, -0.25) is 4.79 Å². The van der Waals surface area contributed by atoms with Gasteiger partial charge in [0, 0.05) is 23.5 Å². The molecule has 2 aliphatic rings. The Morgan fingerprint density at radius 2 is 1.74 bits per heavy atom. The molecule has 0 saturated carbocycles. The van der Waals surface area contributed by atoms with Gasteiger partial charge in [-0.15, -0.1) is 0 Å². The highest BCUT2D eigenvalue weighted by atomic mass is 32.2. The molecular weight excluding hydrogens is 427 g/mol. The summed E-state index contributed by atoms with van der Waals surface area (Å²) >= 11 is 1.48. The predicted molar refractivity (Wildman–Crippen MR) is 112 cm³/mol. The molecule has 2 heterocycles. The molecule has 1 atom stereocenters. The number of hydrogen-bond acceptors (Lipinski definition) is 5. The van der Waals surface area contributed by atoms with Crippen LogP contribution in [0.4, 0.5) is 13.2 Å². The average molecular weight is 449 g/mol. The van der Waals surface area contributed by atoms with E-state index in [0.29, 0.717) is 5.56 Å². The second-order valence-electron chi connectivity index (χ2n) is 7.63. The van der Waals surface area contributed by atoms with Crippen LogP contribution in [-0.4, -0.2) is 51.0 Å². The first kappa shape index (κ1) is 21.9. The Balaban J connectivity index is 1.63. The number of amides is 1. The lowest BCUT2D eigenvalue weighted by Gasteiger charge is -2.32. The van der Waals surface area contributed by atoms with Gasteiger partial charge in [0.2, 0.25) is 0 Å². The predicted octanol–water partition coefficient (Wildman–Crippen LogP) is 4.68. The Bertz CT molecular complexity index is 977. The maximum absolute atomic E-state index is 13.8. The molecule has 0 aliphatic carbocycles. The van der Waals surface area contributed by atoms with Crippen LogP contribution in [0.5, 0.6) is 0 Å². The van der Waals surface area contributed by atoms with E-state index in [0.717, 1.165) is 30.8 Å². The third kappa shape index (κ3) is 4.49. The van der Waals surface area contributed by atoms with E-state index in [-0.39, 0.29) is 16.3 Å². The molecule has 5 nitrogen and oxygen atoms in total. The lowest BCUT2D eigenvalue weighted by Crippen LogP contribution is -2.56. The summed E-state index contributed by atoms with van der Waals surface area (Å²) in [7, 11) is 0. The summed E-state index contributed by atoms with van der Waals surface area (Å²) in [5.41, 5.74) is -2.92. The van der Waals surface area contributed by atoms with Crippen LogP contribution >= 0.6 is 11.9 Å². The fourth-order valence-corrected chi connectivity index (χ4v) is 4.74. The van der Waals surface area contributed by atoms with Crippen molar-refractivity contribution in [3.8, 4) is 0 Å². The minimum absolute atomic E-state index is 0.00706. The molecule has 2 aliphatic heterocycles. The number of nitrogens with zero attached hydrogens (tertiary/aromatic N) is 3. The number of piperidine rings is 1. The summed E-state index contributed by atoms with van der Waals surface area (Å²) in [6.45, 7) is 1.85. The number of carbonyl (C=O) groups excluding carboxylic acids is 1. The Hall–Kier alpha value is -2.36. The number of halogens is 3. The van der Waals surface area contributed by atoms with Crippen LogP contribution < -0.4 is 0 Å². The molecule has 0 spiro atoms. The lowest BCUT2D eigenvalue weighted by atomic mass is 10.0. The lowest BCUT2D eigenvalue weighted by molar-refractivity contribution is -0.297. The number of aliphatic hydroxyl groups is 1. The summed E-state index contributed by atoms with van der Waals surface area (Å²) in [5, 5.41) is 14.6. The van der Waals surface area contributed by atoms with E-state index in [1.807, 2.05) is 6.07 Å². The minimum atomic E-state index is -5.07. The molecule has 4 rings (SSSR count). The van der Waals surface area contributed by atoms with Gasteiger partial charge in [0.1, 0.15) is 0 Å². The number of rotatable bonds is 4. The van der Waals surface area contributed by atoms with Crippen LogP contribution in [0, 0.1) is 0 Å². The van der Waals surface area contributed by atoms with Gasteiger partial charge in [0.25, 0.3) is 11.6 Å². The van der Waals surface area contributed by atoms with Crippen molar-refractivity contribution in [2.45, 2.75) is 42.5 Å². The minimum Gasteiger partial charge on any atom is -0.362 e. The first-order valence-electron chi connectivity index (χ1n) is 10.1. The SMILES string of the molecule is O=C(c1cccc(SN2CCCCC2)c1)N1N=C(c2ccccc2)CC1(O)C(F)(F)F. The quantitative estimate of drug-likeness (QED) is 0.689. The van der Waals surface area contributed by atoms with E-state index in [2.05, 4.69) is 9.41 Å². The monoisotopic (exact) mass is 449 g/mol. The number of hydrazone groups is 1. The highest BCUT2D eigenvalue weighted by Crippen LogP contribution is 2.42. The zero-order valence-corrected chi connectivity index (χ0v) is 17.5. The number of benzene rings is 2. The summed E-state index contributed by atoms with van der Waals surface area (Å²) in [6.07, 6.45) is -2.52. The average Bonchev–Trinajstić information content (AvgIpc) is 3.14. The highest BCUT2D eigenvalue weighted by molar-refractivity contribution is 7.97. The van der Waals surface area contributed by atoms with Crippen LogP contribution in [0.1, 0.15) is 41.6 Å². The molecule has 164 valence electrons. The third-order valence-electron chi connectivity index (χ3n) is 5.37. The molecule has 2 aromatic carbocycles. The fourth-order valence-electron chi connectivity index (χ4n) is 3.68. The molecule has 1 N–H and O–H groups in total. The summed E-state index contributed by atoms with van der Waals surface area (Å²) in [4.78, 5) is 13.8. The molecule has 0 aromatic heterocycles. The zero-order chi connectivity index (χ0) is 22.1. The highest BCUT2D eigenvalue weighted by Gasteiger charge is 2.63. The normalized spacial score (nSPS) is 22.5. The van der Waals surface area contributed by atoms with Crippen LogP contribution in [0.3, 0.4) is 0 Å². The molecule has 0 radical (unpaired) electrons. The Kier molecular flexibility index (Phi) is 6.09. The molecule has 9 heteroatoms. The van der Waals surface area contributed by atoms with Gasteiger partial charge in [0.05, 0.1) is 12.1 Å². The van der Waals surface area contributed by atoms with Crippen LogP contribution in [0.15, 0.2) is 64.6 Å². The smallest absolute Gasteiger partial charge is 0.362 e. The molecule has 2 aromatic rings. The molecular formula is C22H22F3N3O2S. The number of hydrogen-bond donors (Lipinski definition) is 1. The zero-order valence-electron chi connectivity index (χ0n) is 16.7. The van der Waals surface area contributed by atoms with Crippen LogP contribution in [-0.2, 0) is 0 Å². The molecule has 31 heavy (non-hydrogen) atoms. The fraction of sp³-hybridized carbons (Fsp3) is 0.364. The van der Waals surface area contributed by atoms with Gasteiger partial charge in [-0.05, 0) is 48.6 Å². The second kappa shape index (κ2) is 8.64. The van der Waals surface area contributed by atoms with Crippen molar-refractivity contribution in [2.75, 3.05) is 13.1 Å². The van der Waals surface area contributed by atoms with Crippen molar-refractivity contribution in [1.29, 1.82) is 0 Å². The van der Waals surface area contributed by atoms with Crippen molar-refractivity contribution in [3.63, 3.8) is 0 Å². The standard InChI is InChI=1S/C22H22F3N3O2S/c23-22(24,25)21(30)15-19(16-8-3-1-4-9-16)26-28(21)20(29)17-10-7-11-18(14-17)31-27-12-5-2-6-13-27/h1,3-4,7-11,14,30H,2,5-6,12-13,15H2. The van der Waals surface area contributed by atoms with Crippen molar-refractivity contribution in [2.24, 2.45) is 5.10 Å². The summed E-state index contributed by atoms with van der Waals surface area (Å²) < 4.78 is 43.6. The van der Waals surface area contributed by atoms with Gasteiger partial charge < -0.3 is 5.11 Å². The topological polar surface area (TPSA) is 56.1 Å². The largest absolute Gasteiger partial charge is 0.438 e. The van der Waals surface area contributed by atoms with Crippen molar-refractivity contribution < 1.29 is 23.1 Å². The van der Waals surface area contributed by atoms with Crippen LogP contribution in [0.25, 0.3) is 0 Å². The molecule has 1 saturated heterocycles. The molecule has 0 bridgehead atoms. The maximum atomic E-state index is 13.8. The Morgan fingerprint density at radius 1 is 1.03 bits per heavy atom. The third-order valence-corrected chi connectivity index (χ3v) is 6.46. The van der Waals surface area contributed by atoms with E-state index in [4.69, 9.17) is 0 Å². The molecule has 1 amide bonds. The van der Waals surface area contributed by atoms with Crippen LogP contribution in [0.2, 0.25) is 0 Å². The van der Waals surface area contributed by atoms with E-state index in [1.54, 1.807) is 42.5 Å². The first-order valence-corrected chi connectivity index (χ1v) is 10.8. The second-order valence-corrected chi connectivity index (χ2v) is 8.80. The van der Waals surface area contributed by atoms with Gasteiger partial charge in [-0.25, -0.2) is 4.31 Å². The van der Waals surface area contributed by atoms with Crippen molar-refractivity contribution in [1.82, 2.24) is 9.31 Å². The maximum Gasteiger partial charge on any atom is 0.438 e. The van der Waals surface area contributed by atoms with E-state index < -0.39 is 24.2 Å². The summed E-state index contributed by atoms with van der Waals surface area (Å²) in [6, 6.07) is 14.7. The van der Waals surface area contributed by atoms with E-state index in [9.17, 15) is 23.1 Å². The van der Waals surface area contributed by atoms with Gasteiger partial charge in [0.15, 0.2) is 0 Å². The van der Waals surface area contributed by atoms with E-state index in [1.165, 1.54) is 24.4 Å². The number of carbonyl (C=O) groups is 1. The van der Waals surface area contributed by atoms with Gasteiger partial charge in [-0.2, -0.15) is 23.3 Å².